The zero-order valence-electron chi connectivity index (χ0n) is 17.2. The van der Waals surface area contributed by atoms with Crippen molar-refractivity contribution in [3.05, 3.63) is 41.2 Å². The average molecular weight is 383 g/mol. The van der Waals surface area contributed by atoms with Crippen LogP contribution in [0.15, 0.2) is 24.5 Å². The molecule has 0 saturated carbocycles. The van der Waals surface area contributed by atoms with Gasteiger partial charge in [-0.05, 0) is 76.2 Å². The highest BCUT2D eigenvalue weighted by Gasteiger charge is 2.31. The standard InChI is InChI=1S/C23H30N2O3/c1-15-13-16(9-10-24-22(26)28-23(2,3)4)19-14-17-7-5-11-25-12-6-8-18(20(17)25)21(19)27-15/h13-14H,1,5-12H2,2-4H3,(H,24,26). The molecule has 5 nitrogen and oxygen atoms in total. The number of carbonyl (C=O) groups excluding carboxylic acids is 1. The number of carbonyl (C=O) groups is 1. The second-order valence-electron chi connectivity index (χ2n) is 8.85. The van der Waals surface area contributed by atoms with Gasteiger partial charge in [-0.15, -0.1) is 0 Å². The average Bonchev–Trinajstić information content (AvgIpc) is 2.61. The molecule has 3 aliphatic heterocycles. The first-order chi connectivity index (χ1) is 13.3. The normalized spacial score (nSPS) is 17.9. The van der Waals surface area contributed by atoms with Crippen molar-refractivity contribution in [2.45, 2.75) is 58.5 Å². The number of amides is 1. The number of nitrogens with zero attached hydrogens (tertiary/aromatic N) is 1. The highest BCUT2D eigenvalue weighted by atomic mass is 16.6. The summed E-state index contributed by atoms with van der Waals surface area (Å²) in [5.74, 6) is 1.65. The van der Waals surface area contributed by atoms with Gasteiger partial charge in [0.2, 0.25) is 0 Å². The SMILES string of the molecule is C=C1C=C(CCNC(=O)OC(C)(C)C)c2cc3c4c(c2O1)CCCN4CCC3. The molecule has 0 fully saturated rings. The molecule has 0 atom stereocenters. The van der Waals surface area contributed by atoms with Gasteiger partial charge in [-0.2, -0.15) is 0 Å². The minimum Gasteiger partial charge on any atom is -0.457 e. The first-order valence-electron chi connectivity index (χ1n) is 10.3. The molecular formula is C23H30N2O3. The number of anilines is 1. The van der Waals surface area contributed by atoms with E-state index in [9.17, 15) is 4.79 Å². The fraction of sp³-hybridized carbons (Fsp3) is 0.522. The maximum absolute atomic E-state index is 11.9. The van der Waals surface area contributed by atoms with Gasteiger partial charge >= 0.3 is 6.09 Å². The largest absolute Gasteiger partial charge is 0.457 e. The van der Waals surface area contributed by atoms with Crippen LogP contribution in [0.5, 0.6) is 5.75 Å². The Bertz CT molecular complexity index is 846. The Labute approximate surface area is 167 Å². The number of nitrogens with one attached hydrogen (secondary N) is 1. The Morgan fingerprint density at radius 2 is 2.04 bits per heavy atom. The van der Waals surface area contributed by atoms with E-state index < -0.39 is 5.60 Å². The number of fused-ring (bicyclic) bond motifs is 2. The Balaban J connectivity index is 1.56. The quantitative estimate of drug-likeness (QED) is 0.831. The van der Waals surface area contributed by atoms with Gasteiger partial charge in [-0.25, -0.2) is 4.79 Å². The van der Waals surface area contributed by atoms with Gasteiger partial charge in [-0.3, -0.25) is 0 Å². The number of benzene rings is 1. The molecule has 0 spiro atoms. The first-order valence-corrected chi connectivity index (χ1v) is 10.3. The van der Waals surface area contributed by atoms with Crippen LogP contribution in [-0.4, -0.2) is 31.3 Å². The summed E-state index contributed by atoms with van der Waals surface area (Å²) < 4.78 is 11.4. The molecule has 1 aromatic rings. The van der Waals surface area contributed by atoms with Gasteiger partial charge in [0, 0.05) is 36.4 Å². The molecule has 4 rings (SSSR count). The van der Waals surface area contributed by atoms with E-state index in [0.29, 0.717) is 12.3 Å². The van der Waals surface area contributed by atoms with Crippen molar-refractivity contribution in [2.24, 2.45) is 0 Å². The molecule has 150 valence electrons. The van der Waals surface area contributed by atoms with Crippen LogP contribution in [0.2, 0.25) is 0 Å². The van der Waals surface area contributed by atoms with E-state index in [2.05, 4.69) is 22.9 Å². The van der Waals surface area contributed by atoms with Crippen LogP contribution in [0.25, 0.3) is 5.57 Å². The highest BCUT2D eigenvalue weighted by molar-refractivity contribution is 5.82. The molecule has 1 aromatic carbocycles. The van der Waals surface area contributed by atoms with Gasteiger partial charge in [0.15, 0.2) is 0 Å². The minimum absolute atomic E-state index is 0.379. The van der Waals surface area contributed by atoms with E-state index >= 15 is 0 Å². The summed E-state index contributed by atoms with van der Waals surface area (Å²) >= 11 is 0. The van der Waals surface area contributed by atoms with Crippen LogP contribution < -0.4 is 15.0 Å². The third-order valence-electron chi connectivity index (χ3n) is 5.45. The zero-order valence-corrected chi connectivity index (χ0v) is 17.2. The predicted molar refractivity (Wildman–Crippen MR) is 112 cm³/mol. The van der Waals surface area contributed by atoms with Crippen LogP contribution in [0.4, 0.5) is 10.5 Å². The summed E-state index contributed by atoms with van der Waals surface area (Å²) in [6.45, 7) is 12.5. The third kappa shape index (κ3) is 3.75. The number of alkyl carbamates (subject to hydrolysis) is 1. The highest BCUT2D eigenvalue weighted by Crippen LogP contribution is 2.47. The molecule has 0 aromatic heterocycles. The van der Waals surface area contributed by atoms with Crippen LogP contribution in [0.3, 0.4) is 0 Å². The van der Waals surface area contributed by atoms with Gasteiger partial charge in [-0.1, -0.05) is 6.58 Å². The van der Waals surface area contributed by atoms with Gasteiger partial charge in [0.25, 0.3) is 0 Å². The van der Waals surface area contributed by atoms with E-state index in [1.165, 1.54) is 28.8 Å². The predicted octanol–water partition coefficient (Wildman–Crippen LogP) is 4.59. The molecule has 0 radical (unpaired) electrons. The smallest absolute Gasteiger partial charge is 0.407 e. The number of hydrogen-bond donors (Lipinski definition) is 1. The molecule has 0 aliphatic carbocycles. The molecule has 28 heavy (non-hydrogen) atoms. The lowest BCUT2D eigenvalue weighted by molar-refractivity contribution is 0.0529. The monoisotopic (exact) mass is 382 g/mol. The Morgan fingerprint density at radius 1 is 1.29 bits per heavy atom. The van der Waals surface area contributed by atoms with Gasteiger partial charge in [0.05, 0.1) is 0 Å². The topological polar surface area (TPSA) is 50.8 Å². The fourth-order valence-corrected chi connectivity index (χ4v) is 4.44. The second-order valence-corrected chi connectivity index (χ2v) is 8.85. The molecule has 1 amide bonds. The summed E-state index contributed by atoms with van der Waals surface area (Å²) in [6.07, 6.45) is 6.89. The summed E-state index contributed by atoms with van der Waals surface area (Å²) in [4.78, 5) is 14.5. The third-order valence-corrected chi connectivity index (χ3v) is 5.45. The van der Waals surface area contributed by atoms with Crippen molar-refractivity contribution < 1.29 is 14.3 Å². The van der Waals surface area contributed by atoms with Crippen molar-refractivity contribution in [2.75, 3.05) is 24.5 Å². The number of ether oxygens (including phenoxy) is 2. The van der Waals surface area contributed by atoms with Crippen molar-refractivity contribution in [3.8, 4) is 5.75 Å². The summed E-state index contributed by atoms with van der Waals surface area (Å²) in [6, 6.07) is 2.30. The van der Waals surface area contributed by atoms with E-state index in [0.717, 1.165) is 50.1 Å². The Kier molecular flexibility index (Phi) is 4.86. The van der Waals surface area contributed by atoms with Crippen molar-refractivity contribution in [3.63, 3.8) is 0 Å². The summed E-state index contributed by atoms with van der Waals surface area (Å²) in [5.41, 5.74) is 6.01. The van der Waals surface area contributed by atoms with Crippen molar-refractivity contribution in [1.82, 2.24) is 5.32 Å². The lowest BCUT2D eigenvalue weighted by Gasteiger charge is -2.39. The van der Waals surface area contributed by atoms with Gasteiger partial charge in [0.1, 0.15) is 17.1 Å². The van der Waals surface area contributed by atoms with E-state index in [4.69, 9.17) is 9.47 Å². The lowest BCUT2D eigenvalue weighted by Crippen LogP contribution is -2.35. The molecule has 3 heterocycles. The number of hydrogen-bond acceptors (Lipinski definition) is 4. The molecule has 0 unspecified atom stereocenters. The van der Waals surface area contributed by atoms with E-state index in [1.54, 1.807) is 0 Å². The fourth-order valence-electron chi connectivity index (χ4n) is 4.44. The van der Waals surface area contributed by atoms with Crippen LogP contribution in [0, 0.1) is 0 Å². The maximum atomic E-state index is 11.9. The van der Waals surface area contributed by atoms with Gasteiger partial charge < -0.3 is 19.7 Å². The van der Waals surface area contributed by atoms with Crippen LogP contribution in [-0.2, 0) is 17.6 Å². The lowest BCUT2D eigenvalue weighted by atomic mass is 9.85. The maximum Gasteiger partial charge on any atom is 0.407 e. The van der Waals surface area contributed by atoms with Crippen molar-refractivity contribution in [1.29, 1.82) is 0 Å². The first kappa shape index (κ1) is 18.9. The number of rotatable bonds is 3. The number of aryl methyl sites for hydroxylation is 1. The molecule has 0 saturated heterocycles. The molecular weight excluding hydrogens is 352 g/mol. The molecule has 1 N–H and O–H groups in total. The van der Waals surface area contributed by atoms with E-state index in [-0.39, 0.29) is 6.09 Å². The van der Waals surface area contributed by atoms with Crippen LogP contribution >= 0.6 is 0 Å². The summed E-state index contributed by atoms with van der Waals surface area (Å²) in [7, 11) is 0. The Morgan fingerprint density at radius 3 is 2.79 bits per heavy atom. The van der Waals surface area contributed by atoms with Crippen LogP contribution in [0.1, 0.15) is 56.7 Å². The van der Waals surface area contributed by atoms with Crippen molar-refractivity contribution >= 4 is 17.4 Å². The molecule has 0 bridgehead atoms. The van der Waals surface area contributed by atoms with E-state index in [1.807, 2.05) is 26.8 Å². The second kappa shape index (κ2) is 7.19. The molecule has 3 aliphatic rings. The zero-order chi connectivity index (χ0) is 19.9. The summed E-state index contributed by atoms with van der Waals surface area (Å²) in [5, 5.41) is 2.86. The number of allylic oxidation sites excluding steroid dienone is 1. The Hall–Kier alpha value is -2.43. The minimum atomic E-state index is -0.490. The molecule has 5 heteroatoms.